The fraction of sp³-hybridized carbons (Fsp3) is 0.160. The smallest absolute Gasteiger partial charge is 0.330 e. The summed E-state index contributed by atoms with van der Waals surface area (Å²) in [5.74, 6) is -0.411. The Kier molecular flexibility index (Phi) is 7.44. The van der Waals surface area contributed by atoms with Crippen LogP contribution in [0.4, 0.5) is 5.69 Å². The van der Waals surface area contributed by atoms with Gasteiger partial charge in [-0.15, -0.1) is 0 Å². The van der Waals surface area contributed by atoms with Gasteiger partial charge in [0.1, 0.15) is 11.3 Å². The number of ether oxygens (including phenoxy) is 1. The normalized spacial score (nSPS) is 10.9. The van der Waals surface area contributed by atoms with Crippen molar-refractivity contribution in [1.29, 1.82) is 0 Å². The Morgan fingerprint density at radius 2 is 1.70 bits per heavy atom. The lowest BCUT2D eigenvalue weighted by atomic mass is 10.0. The van der Waals surface area contributed by atoms with Crippen molar-refractivity contribution in [2.75, 3.05) is 12.4 Å². The highest BCUT2D eigenvalue weighted by molar-refractivity contribution is 6.39. The monoisotopic (exact) mass is 540 g/mol. The molecule has 0 atom stereocenters. The van der Waals surface area contributed by atoms with Crippen molar-refractivity contribution in [1.82, 2.24) is 19.1 Å². The second-order valence-electron chi connectivity index (χ2n) is 8.00. The molecule has 0 saturated heterocycles. The van der Waals surface area contributed by atoms with E-state index >= 15 is 0 Å². The van der Waals surface area contributed by atoms with Gasteiger partial charge in [0.15, 0.2) is 0 Å². The molecular weight excluding hydrogens is 519 g/mol. The van der Waals surface area contributed by atoms with Gasteiger partial charge in [0.05, 0.1) is 34.7 Å². The summed E-state index contributed by atoms with van der Waals surface area (Å²) < 4.78 is 7.30. The van der Waals surface area contributed by atoms with Crippen LogP contribution in [0.1, 0.15) is 16.1 Å². The molecule has 10 nitrogen and oxygen atoms in total. The van der Waals surface area contributed by atoms with Gasteiger partial charge in [-0.2, -0.15) is 0 Å². The average Bonchev–Trinajstić information content (AvgIpc) is 2.90. The lowest BCUT2D eigenvalue weighted by molar-refractivity contribution is 0.102. The highest BCUT2D eigenvalue weighted by atomic mass is 35.5. The Morgan fingerprint density at radius 3 is 2.38 bits per heavy atom. The summed E-state index contributed by atoms with van der Waals surface area (Å²) in [6.45, 7) is 0.170. The number of aromatic nitrogens is 4. The van der Waals surface area contributed by atoms with Gasteiger partial charge in [-0.25, -0.2) is 9.78 Å². The van der Waals surface area contributed by atoms with E-state index < -0.39 is 17.2 Å². The van der Waals surface area contributed by atoms with Crippen LogP contribution >= 0.6 is 23.2 Å². The molecule has 2 aromatic heterocycles. The van der Waals surface area contributed by atoms with Crippen molar-refractivity contribution in [3.8, 4) is 28.3 Å². The largest absolute Gasteiger partial charge is 0.480 e. The second kappa shape index (κ2) is 10.6. The molecule has 0 fully saturated rings. The molecule has 0 aliphatic carbocycles. The predicted molar refractivity (Wildman–Crippen MR) is 142 cm³/mol. The SMILES string of the molecule is COc1nc(-c2cccc(-c3cccc(NC(=O)c4cn(C)c(=O)n(C)c4=O)c3Cl)c2Cl)cnc1CN. The molecule has 190 valence electrons. The van der Waals surface area contributed by atoms with E-state index in [0.29, 0.717) is 39.0 Å². The third kappa shape index (κ3) is 4.86. The number of hydrogen-bond donors (Lipinski definition) is 2. The molecular formula is C25H22Cl2N6O4. The number of amides is 1. The molecule has 4 aromatic rings. The maximum atomic E-state index is 12.9. The van der Waals surface area contributed by atoms with Crippen LogP contribution in [0, 0.1) is 0 Å². The van der Waals surface area contributed by atoms with E-state index in [4.69, 9.17) is 33.7 Å². The van der Waals surface area contributed by atoms with Crippen LogP contribution in [0.25, 0.3) is 22.4 Å². The molecule has 37 heavy (non-hydrogen) atoms. The zero-order valence-corrected chi connectivity index (χ0v) is 21.6. The number of anilines is 1. The quantitative estimate of drug-likeness (QED) is 0.383. The first kappa shape index (κ1) is 26.1. The summed E-state index contributed by atoms with van der Waals surface area (Å²) in [7, 11) is 4.23. The van der Waals surface area contributed by atoms with Crippen molar-refractivity contribution in [2.24, 2.45) is 19.8 Å². The molecule has 1 amide bonds. The van der Waals surface area contributed by atoms with Gasteiger partial charge in [-0.3, -0.25) is 19.1 Å². The van der Waals surface area contributed by atoms with E-state index in [1.165, 1.54) is 27.4 Å². The maximum Gasteiger partial charge on any atom is 0.330 e. The van der Waals surface area contributed by atoms with Gasteiger partial charge in [0.25, 0.3) is 11.5 Å². The highest BCUT2D eigenvalue weighted by Crippen LogP contribution is 2.41. The number of nitrogens with one attached hydrogen (secondary N) is 1. The minimum atomic E-state index is -0.721. The molecule has 0 aliphatic heterocycles. The minimum absolute atomic E-state index is 0.170. The zero-order chi connectivity index (χ0) is 26.9. The maximum absolute atomic E-state index is 12.9. The molecule has 3 N–H and O–H groups in total. The number of rotatable bonds is 6. The van der Waals surface area contributed by atoms with E-state index in [-0.39, 0.29) is 22.8 Å². The van der Waals surface area contributed by atoms with Crippen molar-refractivity contribution < 1.29 is 9.53 Å². The van der Waals surface area contributed by atoms with Gasteiger partial charge in [-0.05, 0) is 6.07 Å². The Hall–Kier alpha value is -3.99. The third-order valence-corrected chi connectivity index (χ3v) is 6.52. The lowest BCUT2D eigenvalue weighted by Gasteiger charge is -2.15. The van der Waals surface area contributed by atoms with E-state index in [1.54, 1.807) is 42.6 Å². The topological polar surface area (TPSA) is 134 Å². The first-order valence-corrected chi connectivity index (χ1v) is 11.7. The molecule has 12 heteroatoms. The summed E-state index contributed by atoms with van der Waals surface area (Å²) in [6, 6.07) is 10.4. The molecule has 0 bridgehead atoms. The van der Waals surface area contributed by atoms with Gasteiger partial charge in [0.2, 0.25) is 5.88 Å². The van der Waals surface area contributed by atoms with Gasteiger partial charge in [-0.1, -0.05) is 53.5 Å². The fourth-order valence-electron chi connectivity index (χ4n) is 3.76. The van der Waals surface area contributed by atoms with E-state index in [0.717, 1.165) is 9.13 Å². The summed E-state index contributed by atoms with van der Waals surface area (Å²) in [5, 5.41) is 3.22. The minimum Gasteiger partial charge on any atom is -0.480 e. The van der Waals surface area contributed by atoms with E-state index in [9.17, 15) is 14.4 Å². The molecule has 2 heterocycles. The number of nitrogens with zero attached hydrogens (tertiary/aromatic N) is 4. The molecule has 0 radical (unpaired) electrons. The summed E-state index contributed by atoms with van der Waals surface area (Å²) in [5.41, 5.74) is 7.18. The van der Waals surface area contributed by atoms with Crippen molar-refractivity contribution in [3.05, 3.63) is 90.9 Å². The van der Waals surface area contributed by atoms with Crippen LogP contribution in [0.5, 0.6) is 5.88 Å². The Labute approximate surface area is 221 Å². The van der Waals surface area contributed by atoms with Crippen LogP contribution in [0.15, 0.2) is 58.4 Å². The fourth-order valence-corrected chi connectivity index (χ4v) is 4.36. The summed E-state index contributed by atoms with van der Waals surface area (Å²) in [4.78, 5) is 46.1. The summed E-state index contributed by atoms with van der Waals surface area (Å²) in [6.07, 6.45) is 2.74. The predicted octanol–water partition coefficient (Wildman–Crippen LogP) is 3.23. The average molecular weight is 541 g/mol. The number of aryl methyl sites for hydroxylation is 1. The Balaban J connectivity index is 1.74. The number of nitrogens with two attached hydrogens (primary N) is 1. The number of carbonyl (C=O) groups excluding carboxylic acids is 1. The van der Waals surface area contributed by atoms with Crippen LogP contribution in [0.3, 0.4) is 0 Å². The van der Waals surface area contributed by atoms with Crippen LogP contribution in [-0.2, 0) is 20.6 Å². The number of benzene rings is 2. The van der Waals surface area contributed by atoms with E-state index in [2.05, 4.69) is 15.3 Å². The molecule has 0 unspecified atom stereocenters. The number of hydrogen-bond acceptors (Lipinski definition) is 7. The lowest BCUT2D eigenvalue weighted by Crippen LogP contribution is -2.40. The van der Waals surface area contributed by atoms with Gasteiger partial charge >= 0.3 is 5.69 Å². The number of methoxy groups -OCH3 is 1. The van der Waals surface area contributed by atoms with Gasteiger partial charge < -0.3 is 20.4 Å². The van der Waals surface area contributed by atoms with E-state index in [1.807, 2.05) is 0 Å². The Morgan fingerprint density at radius 1 is 1.05 bits per heavy atom. The van der Waals surface area contributed by atoms with Crippen molar-refractivity contribution in [2.45, 2.75) is 6.54 Å². The first-order valence-electron chi connectivity index (χ1n) is 10.9. The van der Waals surface area contributed by atoms with Crippen molar-refractivity contribution in [3.63, 3.8) is 0 Å². The molecule has 0 saturated carbocycles. The zero-order valence-electron chi connectivity index (χ0n) is 20.1. The number of halogens is 2. The number of carbonyl (C=O) groups is 1. The van der Waals surface area contributed by atoms with Crippen molar-refractivity contribution >= 4 is 34.8 Å². The molecule has 0 aliphatic rings. The molecule has 0 spiro atoms. The summed E-state index contributed by atoms with van der Waals surface area (Å²) >= 11 is 13.5. The van der Waals surface area contributed by atoms with Crippen LogP contribution < -0.4 is 27.0 Å². The van der Waals surface area contributed by atoms with Crippen LogP contribution in [0.2, 0.25) is 10.0 Å². The first-order chi connectivity index (χ1) is 17.7. The molecule has 2 aromatic carbocycles. The third-order valence-electron chi connectivity index (χ3n) is 5.70. The standard InChI is InChI=1S/C25H22Cl2N6O4/c1-32-12-16(24(35)33(2)25(32)36)22(34)30-17-9-5-7-14(21(17)27)13-6-4-8-15(20(13)26)19-11-29-18(10-28)23(31-19)37-3/h4-9,11-12H,10,28H2,1-3H3,(H,30,34). The second-order valence-corrected chi connectivity index (χ2v) is 8.76. The van der Waals surface area contributed by atoms with Gasteiger partial charge in [0, 0.05) is 43.5 Å². The van der Waals surface area contributed by atoms with Crippen LogP contribution in [-0.4, -0.2) is 32.1 Å². The molecule has 4 rings (SSSR count). The highest BCUT2D eigenvalue weighted by Gasteiger charge is 2.19. The Bertz CT molecular complexity index is 1650.